The largest absolute Gasteiger partial charge is 0.481 e. The molecule has 1 aromatic carbocycles. The fourth-order valence-corrected chi connectivity index (χ4v) is 2.57. The monoisotopic (exact) mass is 302 g/mol. The Balaban J connectivity index is 1.94. The van der Waals surface area contributed by atoms with E-state index in [1.54, 1.807) is 24.3 Å². The van der Waals surface area contributed by atoms with Crippen LogP contribution in [0, 0.1) is 23.2 Å². The average Bonchev–Trinajstić information content (AvgIpc) is 2.55. The van der Waals surface area contributed by atoms with Gasteiger partial charge in [0.05, 0.1) is 17.6 Å². The van der Waals surface area contributed by atoms with Crippen LogP contribution in [0.4, 0.5) is 0 Å². The molecule has 1 aliphatic rings. The van der Waals surface area contributed by atoms with E-state index in [4.69, 9.17) is 10.00 Å². The minimum atomic E-state index is -0.896. The summed E-state index contributed by atoms with van der Waals surface area (Å²) in [6.45, 7) is 1.23. The van der Waals surface area contributed by atoms with Crippen LogP contribution in [0.3, 0.4) is 0 Å². The number of carbonyl (C=O) groups is 2. The fraction of sp³-hybridized carbons (Fsp3) is 0.438. The van der Waals surface area contributed by atoms with Crippen LogP contribution in [-0.4, -0.2) is 36.7 Å². The SMILES string of the molecule is N#Cc1ccc(C(=O)NCC(C(=O)O)C2CCOCC2)cc1. The molecule has 6 nitrogen and oxygen atoms in total. The summed E-state index contributed by atoms with van der Waals surface area (Å²) in [6, 6.07) is 8.20. The summed E-state index contributed by atoms with van der Waals surface area (Å²) in [4.78, 5) is 23.4. The van der Waals surface area contributed by atoms with Crippen molar-refractivity contribution in [3.05, 3.63) is 35.4 Å². The molecule has 1 aromatic rings. The van der Waals surface area contributed by atoms with Crippen LogP contribution in [0.25, 0.3) is 0 Å². The molecule has 116 valence electrons. The van der Waals surface area contributed by atoms with Crippen LogP contribution in [-0.2, 0) is 9.53 Å². The van der Waals surface area contributed by atoms with Crippen molar-refractivity contribution < 1.29 is 19.4 Å². The molecule has 1 amide bonds. The minimum Gasteiger partial charge on any atom is -0.481 e. The topological polar surface area (TPSA) is 99.4 Å². The van der Waals surface area contributed by atoms with E-state index >= 15 is 0 Å². The number of aliphatic carboxylic acids is 1. The van der Waals surface area contributed by atoms with Gasteiger partial charge in [0.15, 0.2) is 0 Å². The molecule has 0 aromatic heterocycles. The summed E-state index contributed by atoms with van der Waals surface area (Å²) in [6.07, 6.45) is 1.40. The summed E-state index contributed by atoms with van der Waals surface area (Å²) in [7, 11) is 0. The molecule has 0 aliphatic carbocycles. The summed E-state index contributed by atoms with van der Waals surface area (Å²) < 4.78 is 5.24. The number of carboxylic acid groups (broad SMARTS) is 1. The summed E-state index contributed by atoms with van der Waals surface area (Å²) in [5.74, 6) is -1.81. The molecular weight excluding hydrogens is 284 g/mol. The van der Waals surface area contributed by atoms with Crippen molar-refractivity contribution >= 4 is 11.9 Å². The molecular formula is C16H18N2O4. The molecule has 1 atom stereocenters. The number of nitriles is 1. The standard InChI is InChI=1S/C16H18N2O4/c17-9-11-1-3-13(4-2-11)15(19)18-10-14(16(20)21)12-5-7-22-8-6-12/h1-4,12,14H,5-8,10H2,(H,18,19)(H,20,21). The highest BCUT2D eigenvalue weighted by Gasteiger charge is 2.30. The number of hydrogen-bond acceptors (Lipinski definition) is 4. The van der Waals surface area contributed by atoms with Gasteiger partial charge < -0.3 is 15.2 Å². The zero-order chi connectivity index (χ0) is 15.9. The van der Waals surface area contributed by atoms with Crippen molar-refractivity contribution in [1.82, 2.24) is 5.32 Å². The first-order valence-electron chi connectivity index (χ1n) is 7.20. The van der Waals surface area contributed by atoms with Crippen molar-refractivity contribution in [1.29, 1.82) is 5.26 Å². The number of nitrogens with one attached hydrogen (secondary N) is 1. The van der Waals surface area contributed by atoms with Crippen LogP contribution in [0.15, 0.2) is 24.3 Å². The molecule has 0 saturated carbocycles. The number of amides is 1. The van der Waals surface area contributed by atoms with E-state index in [9.17, 15) is 14.7 Å². The van der Waals surface area contributed by atoms with Gasteiger partial charge in [-0.15, -0.1) is 0 Å². The predicted octanol–water partition coefficient (Wildman–Crippen LogP) is 1.42. The maximum atomic E-state index is 12.0. The van der Waals surface area contributed by atoms with E-state index in [1.165, 1.54) is 0 Å². The Hall–Kier alpha value is -2.39. The van der Waals surface area contributed by atoms with Crippen molar-refractivity contribution in [2.45, 2.75) is 12.8 Å². The number of carboxylic acids is 1. The molecule has 0 bridgehead atoms. The van der Waals surface area contributed by atoms with Crippen LogP contribution in [0.5, 0.6) is 0 Å². The molecule has 0 spiro atoms. The first kappa shape index (κ1) is 16.0. The molecule has 1 saturated heterocycles. The lowest BCUT2D eigenvalue weighted by Crippen LogP contribution is -2.38. The lowest BCUT2D eigenvalue weighted by atomic mass is 9.86. The van der Waals surface area contributed by atoms with Gasteiger partial charge >= 0.3 is 5.97 Å². The number of ether oxygens (including phenoxy) is 1. The van der Waals surface area contributed by atoms with Gasteiger partial charge in [-0.25, -0.2) is 0 Å². The second-order valence-electron chi connectivity index (χ2n) is 5.29. The van der Waals surface area contributed by atoms with Gasteiger partial charge in [-0.3, -0.25) is 9.59 Å². The van der Waals surface area contributed by atoms with E-state index in [0.29, 0.717) is 37.2 Å². The molecule has 1 heterocycles. The minimum absolute atomic E-state index is 0.0208. The summed E-state index contributed by atoms with van der Waals surface area (Å²) in [5.41, 5.74) is 0.886. The molecule has 1 unspecified atom stereocenters. The zero-order valence-corrected chi connectivity index (χ0v) is 12.1. The summed E-state index contributed by atoms with van der Waals surface area (Å²) in [5, 5.41) is 20.7. The number of carbonyl (C=O) groups excluding carboxylic acids is 1. The van der Waals surface area contributed by atoms with Crippen molar-refractivity contribution in [3.63, 3.8) is 0 Å². The molecule has 2 N–H and O–H groups in total. The van der Waals surface area contributed by atoms with Gasteiger partial charge in [0.25, 0.3) is 5.91 Å². The molecule has 1 fully saturated rings. The van der Waals surface area contributed by atoms with E-state index in [0.717, 1.165) is 0 Å². The smallest absolute Gasteiger partial charge is 0.308 e. The maximum Gasteiger partial charge on any atom is 0.308 e. The van der Waals surface area contributed by atoms with Crippen molar-refractivity contribution in [3.8, 4) is 6.07 Å². The molecule has 22 heavy (non-hydrogen) atoms. The molecule has 1 aliphatic heterocycles. The van der Waals surface area contributed by atoms with Crippen LogP contribution >= 0.6 is 0 Å². The predicted molar refractivity (Wildman–Crippen MR) is 78.2 cm³/mol. The van der Waals surface area contributed by atoms with E-state index in [1.807, 2.05) is 6.07 Å². The number of hydrogen-bond donors (Lipinski definition) is 2. The van der Waals surface area contributed by atoms with E-state index < -0.39 is 11.9 Å². The first-order valence-corrected chi connectivity index (χ1v) is 7.20. The van der Waals surface area contributed by atoms with Gasteiger partial charge in [-0.2, -0.15) is 5.26 Å². The normalized spacial score (nSPS) is 16.5. The lowest BCUT2D eigenvalue weighted by Gasteiger charge is -2.27. The molecule has 2 rings (SSSR count). The third-order valence-electron chi connectivity index (χ3n) is 3.91. The van der Waals surface area contributed by atoms with Crippen LogP contribution in [0.1, 0.15) is 28.8 Å². The number of nitrogens with zero attached hydrogens (tertiary/aromatic N) is 1. The Morgan fingerprint density at radius 1 is 1.32 bits per heavy atom. The third kappa shape index (κ3) is 4.06. The van der Waals surface area contributed by atoms with Crippen molar-refractivity contribution in [2.75, 3.05) is 19.8 Å². The second-order valence-corrected chi connectivity index (χ2v) is 5.29. The van der Waals surface area contributed by atoms with Gasteiger partial charge in [0.1, 0.15) is 0 Å². The Morgan fingerprint density at radius 3 is 2.50 bits per heavy atom. The van der Waals surface area contributed by atoms with Gasteiger partial charge in [0.2, 0.25) is 0 Å². The Morgan fingerprint density at radius 2 is 1.95 bits per heavy atom. The van der Waals surface area contributed by atoms with Gasteiger partial charge in [-0.1, -0.05) is 0 Å². The van der Waals surface area contributed by atoms with E-state index in [-0.39, 0.29) is 18.4 Å². The van der Waals surface area contributed by atoms with Gasteiger partial charge in [0, 0.05) is 25.3 Å². The lowest BCUT2D eigenvalue weighted by molar-refractivity contribution is -0.144. The second kappa shape index (κ2) is 7.57. The van der Waals surface area contributed by atoms with Crippen molar-refractivity contribution in [2.24, 2.45) is 11.8 Å². The fourth-order valence-electron chi connectivity index (χ4n) is 2.57. The highest BCUT2D eigenvalue weighted by Crippen LogP contribution is 2.23. The molecule has 0 radical (unpaired) electrons. The maximum absolute atomic E-state index is 12.0. The van der Waals surface area contributed by atoms with Gasteiger partial charge in [-0.05, 0) is 43.0 Å². The number of rotatable bonds is 5. The highest BCUT2D eigenvalue weighted by atomic mass is 16.5. The zero-order valence-electron chi connectivity index (χ0n) is 12.1. The summed E-state index contributed by atoms with van der Waals surface area (Å²) >= 11 is 0. The Kier molecular flexibility index (Phi) is 5.50. The average molecular weight is 302 g/mol. The van der Waals surface area contributed by atoms with Crippen LogP contribution < -0.4 is 5.32 Å². The molecule has 6 heteroatoms. The van der Waals surface area contributed by atoms with Crippen LogP contribution in [0.2, 0.25) is 0 Å². The number of benzene rings is 1. The van der Waals surface area contributed by atoms with E-state index in [2.05, 4.69) is 5.32 Å². The third-order valence-corrected chi connectivity index (χ3v) is 3.91. The Bertz CT molecular complexity index is 571. The quantitative estimate of drug-likeness (QED) is 0.856. The Labute approximate surface area is 128 Å². The highest BCUT2D eigenvalue weighted by molar-refractivity contribution is 5.94. The first-order chi connectivity index (χ1) is 10.6.